The van der Waals surface area contributed by atoms with Gasteiger partial charge in [-0.05, 0) is 18.2 Å². The zero-order chi connectivity index (χ0) is 28.6. The minimum atomic E-state index is -5.08. The van der Waals surface area contributed by atoms with Gasteiger partial charge in [0.05, 0.1) is 43.4 Å². The molecule has 0 aliphatic carbocycles. The second kappa shape index (κ2) is 12.7. The maximum absolute atomic E-state index is 12.9. The summed E-state index contributed by atoms with van der Waals surface area (Å²) in [5.41, 5.74) is 1.56. The Balaban J connectivity index is 0.000000301. The molecule has 2 aromatic rings. The minimum absolute atomic E-state index is 0.0744. The molecule has 2 aliphatic rings. The third-order valence-electron chi connectivity index (χ3n) is 5.52. The van der Waals surface area contributed by atoms with Crippen LogP contribution in [-0.4, -0.2) is 76.6 Å². The van der Waals surface area contributed by atoms with Gasteiger partial charge in [-0.1, -0.05) is 6.07 Å². The molecule has 2 aromatic heterocycles. The highest BCUT2D eigenvalue weighted by molar-refractivity contribution is 5.84. The van der Waals surface area contributed by atoms with E-state index >= 15 is 0 Å². The van der Waals surface area contributed by atoms with Gasteiger partial charge in [-0.2, -0.15) is 26.3 Å². The molecule has 16 heteroatoms. The van der Waals surface area contributed by atoms with E-state index in [1.54, 1.807) is 18.7 Å². The Bertz CT molecular complexity index is 1040. The molecule has 4 rings (SSSR count). The Morgan fingerprint density at radius 2 is 1.71 bits per heavy atom. The molecule has 210 valence electrons. The van der Waals surface area contributed by atoms with Gasteiger partial charge in [0.15, 0.2) is 0 Å². The van der Waals surface area contributed by atoms with E-state index in [9.17, 15) is 31.1 Å². The maximum Gasteiger partial charge on any atom is 0.490 e. The molecule has 1 amide bonds. The number of carboxylic acids is 2. The third-order valence-corrected chi connectivity index (χ3v) is 5.52. The number of rotatable bonds is 5. The molecule has 2 atom stereocenters. The normalized spacial score (nSPS) is 20.8. The van der Waals surface area contributed by atoms with E-state index in [0.29, 0.717) is 19.8 Å². The predicted molar refractivity (Wildman–Crippen MR) is 114 cm³/mol. The van der Waals surface area contributed by atoms with E-state index < -0.39 is 29.7 Å². The van der Waals surface area contributed by atoms with Gasteiger partial charge in [0.25, 0.3) is 0 Å². The first-order valence-electron chi connectivity index (χ1n) is 10.7. The lowest BCUT2D eigenvalue weighted by Crippen LogP contribution is -2.46. The summed E-state index contributed by atoms with van der Waals surface area (Å²) in [5, 5.41) is 17.3. The van der Waals surface area contributed by atoms with Crippen molar-refractivity contribution in [3.05, 3.63) is 54.2 Å². The smallest absolute Gasteiger partial charge is 0.475 e. The number of aromatic nitrogens is 1. The number of alkyl halides is 6. The number of hydrogen-bond acceptors (Lipinski definition) is 7. The van der Waals surface area contributed by atoms with Gasteiger partial charge in [0.2, 0.25) is 5.91 Å². The first-order chi connectivity index (χ1) is 17.6. The van der Waals surface area contributed by atoms with E-state index in [2.05, 4.69) is 15.2 Å². The number of pyridine rings is 1. The number of carboxylic acid groups (broad SMARTS) is 2. The van der Waals surface area contributed by atoms with Crippen LogP contribution in [0, 0.1) is 11.3 Å². The molecule has 4 heterocycles. The molecule has 0 unspecified atom stereocenters. The number of carbonyl (C=O) groups is 3. The lowest BCUT2D eigenvalue weighted by molar-refractivity contribution is -0.193. The summed E-state index contributed by atoms with van der Waals surface area (Å²) in [6.45, 7) is 4.00. The van der Waals surface area contributed by atoms with Crippen molar-refractivity contribution in [1.29, 1.82) is 0 Å². The van der Waals surface area contributed by atoms with Crippen LogP contribution in [0.4, 0.5) is 26.3 Å². The Labute approximate surface area is 211 Å². The molecule has 0 bridgehead atoms. The van der Waals surface area contributed by atoms with Crippen LogP contribution in [0.1, 0.15) is 11.3 Å². The molecule has 0 saturated carbocycles. The fourth-order valence-electron chi connectivity index (χ4n) is 3.77. The second-order valence-electron chi connectivity index (χ2n) is 8.28. The van der Waals surface area contributed by atoms with Gasteiger partial charge in [-0.25, -0.2) is 9.59 Å². The van der Waals surface area contributed by atoms with Gasteiger partial charge in [0, 0.05) is 37.3 Å². The molecule has 2 saturated heterocycles. The quantitative estimate of drug-likeness (QED) is 0.475. The molecular formula is C22H23F6N3O7. The monoisotopic (exact) mass is 555 g/mol. The van der Waals surface area contributed by atoms with Crippen LogP contribution >= 0.6 is 0 Å². The van der Waals surface area contributed by atoms with Gasteiger partial charge in [0.1, 0.15) is 0 Å². The van der Waals surface area contributed by atoms with Gasteiger partial charge in [-0.15, -0.1) is 0 Å². The summed E-state index contributed by atoms with van der Waals surface area (Å²) in [5.74, 6) is -5.20. The summed E-state index contributed by atoms with van der Waals surface area (Å²) >= 11 is 0. The van der Waals surface area contributed by atoms with Crippen molar-refractivity contribution >= 4 is 17.8 Å². The number of carbonyl (C=O) groups excluding carboxylic acids is 1. The van der Waals surface area contributed by atoms with Crippen molar-refractivity contribution in [2.75, 3.05) is 26.3 Å². The highest BCUT2D eigenvalue weighted by Crippen LogP contribution is 2.42. The number of likely N-dealkylation sites (tertiary alicyclic amines) is 1. The summed E-state index contributed by atoms with van der Waals surface area (Å²) in [6.07, 6.45) is -4.98. The molecular weight excluding hydrogens is 532 g/mol. The van der Waals surface area contributed by atoms with Crippen molar-refractivity contribution in [2.45, 2.75) is 25.4 Å². The van der Waals surface area contributed by atoms with Crippen LogP contribution in [0.3, 0.4) is 0 Å². The average Bonchev–Trinajstić information content (AvgIpc) is 3.55. The third kappa shape index (κ3) is 8.72. The number of nitrogens with zero attached hydrogens (tertiary/aromatic N) is 2. The van der Waals surface area contributed by atoms with E-state index in [1.807, 2.05) is 24.3 Å². The summed E-state index contributed by atoms with van der Waals surface area (Å²) in [7, 11) is 0. The number of hydrogen-bond donors (Lipinski definition) is 3. The summed E-state index contributed by atoms with van der Waals surface area (Å²) in [6, 6.07) is 7.69. The Morgan fingerprint density at radius 3 is 2.21 bits per heavy atom. The number of ether oxygens (including phenoxy) is 1. The number of aliphatic carboxylic acids is 2. The van der Waals surface area contributed by atoms with Crippen molar-refractivity contribution in [1.82, 2.24) is 15.2 Å². The zero-order valence-corrected chi connectivity index (χ0v) is 19.5. The fraction of sp³-hybridized carbons (Fsp3) is 0.455. The molecule has 38 heavy (non-hydrogen) atoms. The Hall–Kier alpha value is -3.66. The molecule has 10 nitrogen and oxygen atoms in total. The SMILES string of the molecule is O=C(NCc1ccccn1)[C@]12COC[C@H]1CN(Cc1ccoc1)C2.O=C(O)C(F)(F)F.O=C(O)C(F)(F)F. The second-order valence-corrected chi connectivity index (χ2v) is 8.28. The van der Waals surface area contributed by atoms with Crippen molar-refractivity contribution < 1.29 is 60.1 Å². The predicted octanol–water partition coefficient (Wildman–Crippen LogP) is 2.71. The van der Waals surface area contributed by atoms with E-state index in [0.717, 1.165) is 30.9 Å². The lowest BCUT2D eigenvalue weighted by atomic mass is 9.80. The van der Waals surface area contributed by atoms with E-state index in [-0.39, 0.29) is 11.8 Å². The lowest BCUT2D eigenvalue weighted by Gasteiger charge is -2.26. The first kappa shape index (κ1) is 30.6. The number of fused-ring (bicyclic) bond motifs is 1. The standard InChI is InChI=1S/C18H21N3O3.2C2HF3O2/c22-17(20-7-16-3-1-2-5-19-16)18-12-21(8-14-4-6-23-10-14)9-15(18)11-24-13-18;2*3-2(4,5)1(6)7/h1-6,10,15H,7-9,11-13H2,(H,20,22);2*(H,6,7)/t15-,18-;;/m1../s1. The molecule has 0 radical (unpaired) electrons. The average molecular weight is 555 g/mol. The molecule has 3 N–H and O–H groups in total. The van der Waals surface area contributed by atoms with Gasteiger partial charge >= 0.3 is 24.3 Å². The van der Waals surface area contributed by atoms with Crippen molar-refractivity contribution in [3.8, 4) is 0 Å². The fourth-order valence-corrected chi connectivity index (χ4v) is 3.77. The number of furan rings is 1. The molecule has 2 aliphatic heterocycles. The van der Waals surface area contributed by atoms with Gasteiger partial charge in [-0.3, -0.25) is 14.7 Å². The van der Waals surface area contributed by atoms with Crippen molar-refractivity contribution in [2.24, 2.45) is 11.3 Å². The maximum atomic E-state index is 12.9. The number of halogens is 6. The first-order valence-corrected chi connectivity index (χ1v) is 10.7. The number of amides is 1. The molecule has 2 fully saturated rings. The Morgan fingerprint density at radius 1 is 1.08 bits per heavy atom. The highest BCUT2D eigenvalue weighted by atomic mass is 19.4. The Kier molecular flexibility index (Phi) is 10.2. The van der Waals surface area contributed by atoms with Crippen LogP contribution < -0.4 is 5.32 Å². The van der Waals surface area contributed by atoms with Crippen LogP contribution in [0.15, 0.2) is 47.4 Å². The summed E-state index contributed by atoms with van der Waals surface area (Å²) < 4.78 is 74.3. The van der Waals surface area contributed by atoms with Crippen LogP contribution in [0.2, 0.25) is 0 Å². The van der Waals surface area contributed by atoms with E-state index in [1.165, 1.54) is 0 Å². The minimum Gasteiger partial charge on any atom is -0.475 e. The summed E-state index contributed by atoms with van der Waals surface area (Å²) in [4.78, 5) is 37.3. The van der Waals surface area contributed by atoms with Crippen LogP contribution in [0.25, 0.3) is 0 Å². The van der Waals surface area contributed by atoms with Crippen LogP contribution in [0.5, 0.6) is 0 Å². The van der Waals surface area contributed by atoms with Crippen LogP contribution in [-0.2, 0) is 32.2 Å². The van der Waals surface area contributed by atoms with Crippen molar-refractivity contribution in [3.63, 3.8) is 0 Å². The highest BCUT2D eigenvalue weighted by Gasteiger charge is 2.55. The topological polar surface area (TPSA) is 142 Å². The van der Waals surface area contributed by atoms with Gasteiger partial charge < -0.3 is 24.7 Å². The molecule has 0 spiro atoms. The van der Waals surface area contributed by atoms with E-state index in [4.69, 9.17) is 29.0 Å². The largest absolute Gasteiger partial charge is 0.490 e. The zero-order valence-electron chi connectivity index (χ0n) is 19.5. The number of nitrogens with one attached hydrogen (secondary N) is 1. The molecule has 0 aromatic carbocycles.